The Kier molecular flexibility index (Phi) is 5.55. The molecule has 3 heteroatoms. The number of hydrogen-bond acceptors (Lipinski definition) is 2. The van der Waals surface area contributed by atoms with Crippen LogP contribution in [0.4, 0.5) is 0 Å². The Morgan fingerprint density at radius 2 is 2.00 bits per heavy atom. The van der Waals surface area contributed by atoms with Gasteiger partial charge < -0.3 is 10.4 Å². The van der Waals surface area contributed by atoms with Crippen LogP contribution in [0, 0.1) is 12.8 Å². The summed E-state index contributed by atoms with van der Waals surface area (Å²) >= 11 is 0. The molecule has 0 aromatic heterocycles. The van der Waals surface area contributed by atoms with Crippen LogP contribution in [0.2, 0.25) is 0 Å². The van der Waals surface area contributed by atoms with Gasteiger partial charge in [0, 0.05) is 12.1 Å². The van der Waals surface area contributed by atoms with E-state index in [1.165, 1.54) is 0 Å². The van der Waals surface area contributed by atoms with Gasteiger partial charge in [0.25, 0.3) is 5.91 Å². The summed E-state index contributed by atoms with van der Waals surface area (Å²) in [5.74, 6) is 0.432. The van der Waals surface area contributed by atoms with E-state index in [1.54, 1.807) is 13.0 Å². The second kappa shape index (κ2) is 6.71. The van der Waals surface area contributed by atoms with Gasteiger partial charge in [0.1, 0.15) is 0 Å². The molecule has 0 bridgehead atoms. The van der Waals surface area contributed by atoms with Crippen LogP contribution in [-0.4, -0.2) is 23.2 Å². The Morgan fingerprint density at radius 1 is 1.37 bits per heavy atom. The summed E-state index contributed by atoms with van der Waals surface area (Å²) in [4.78, 5) is 12.0. The minimum absolute atomic E-state index is 0.122. The molecule has 0 saturated carbocycles. The highest BCUT2D eigenvalue weighted by atomic mass is 16.3. The van der Waals surface area contributed by atoms with Gasteiger partial charge in [-0.25, -0.2) is 0 Å². The van der Waals surface area contributed by atoms with Gasteiger partial charge in [0.15, 0.2) is 0 Å². The molecule has 19 heavy (non-hydrogen) atoms. The van der Waals surface area contributed by atoms with E-state index in [0.29, 0.717) is 17.9 Å². The number of amides is 1. The molecule has 1 aromatic rings. The molecular formula is C16H25NO2. The molecule has 1 unspecified atom stereocenters. The third-order valence-electron chi connectivity index (χ3n) is 3.28. The maximum absolute atomic E-state index is 12.0. The van der Waals surface area contributed by atoms with E-state index >= 15 is 0 Å². The minimum atomic E-state index is -0.845. The number of carbonyl (C=O) groups is 1. The van der Waals surface area contributed by atoms with Gasteiger partial charge in [-0.05, 0) is 44.2 Å². The number of hydrogen-bond donors (Lipinski definition) is 2. The SMILES string of the molecule is Cc1ccccc1C(=O)NCC(C)(O)CCC(C)C. The summed E-state index contributed by atoms with van der Waals surface area (Å²) < 4.78 is 0. The third-order valence-corrected chi connectivity index (χ3v) is 3.28. The summed E-state index contributed by atoms with van der Waals surface area (Å²) in [6.45, 7) is 8.22. The van der Waals surface area contributed by atoms with Gasteiger partial charge in [0.2, 0.25) is 0 Å². The minimum Gasteiger partial charge on any atom is -0.388 e. The molecule has 1 atom stereocenters. The lowest BCUT2D eigenvalue weighted by atomic mass is 9.95. The largest absolute Gasteiger partial charge is 0.388 e. The van der Waals surface area contributed by atoms with Crippen molar-refractivity contribution in [2.24, 2.45) is 5.92 Å². The van der Waals surface area contributed by atoms with Crippen LogP contribution in [0.1, 0.15) is 49.5 Å². The van der Waals surface area contributed by atoms with Gasteiger partial charge in [-0.3, -0.25) is 4.79 Å². The van der Waals surface area contributed by atoms with E-state index in [0.717, 1.165) is 12.0 Å². The maximum atomic E-state index is 12.0. The van der Waals surface area contributed by atoms with Crippen molar-refractivity contribution in [3.63, 3.8) is 0 Å². The molecule has 0 fully saturated rings. The lowest BCUT2D eigenvalue weighted by Gasteiger charge is -2.24. The average molecular weight is 263 g/mol. The highest BCUT2D eigenvalue weighted by molar-refractivity contribution is 5.95. The Hall–Kier alpha value is -1.35. The van der Waals surface area contributed by atoms with Gasteiger partial charge >= 0.3 is 0 Å². The molecule has 0 radical (unpaired) electrons. The normalized spacial score (nSPS) is 14.2. The third kappa shape index (κ3) is 5.43. The quantitative estimate of drug-likeness (QED) is 0.829. The van der Waals surface area contributed by atoms with Crippen molar-refractivity contribution in [1.82, 2.24) is 5.32 Å². The summed E-state index contributed by atoms with van der Waals surface area (Å²) in [6, 6.07) is 7.46. The number of benzene rings is 1. The molecule has 1 rings (SSSR count). The standard InChI is InChI=1S/C16H25NO2/c1-12(2)9-10-16(4,19)11-17-15(18)14-8-6-5-7-13(14)3/h5-8,12,19H,9-11H2,1-4H3,(H,17,18). The Balaban J connectivity index is 2.52. The first-order valence-corrected chi connectivity index (χ1v) is 6.88. The predicted octanol–water partition coefficient (Wildman–Crippen LogP) is 2.91. The molecule has 2 N–H and O–H groups in total. The lowest BCUT2D eigenvalue weighted by Crippen LogP contribution is -2.41. The number of aryl methyl sites for hydroxylation is 1. The van der Waals surface area contributed by atoms with Crippen LogP contribution in [-0.2, 0) is 0 Å². The zero-order chi connectivity index (χ0) is 14.5. The van der Waals surface area contributed by atoms with E-state index in [4.69, 9.17) is 0 Å². The second-order valence-electron chi connectivity index (χ2n) is 5.93. The van der Waals surface area contributed by atoms with Gasteiger partial charge in [-0.1, -0.05) is 32.0 Å². The van der Waals surface area contributed by atoms with Crippen molar-refractivity contribution in [1.29, 1.82) is 0 Å². The van der Waals surface area contributed by atoms with E-state index in [1.807, 2.05) is 25.1 Å². The monoisotopic (exact) mass is 263 g/mol. The van der Waals surface area contributed by atoms with Crippen LogP contribution in [0.25, 0.3) is 0 Å². The Bertz CT molecular complexity index is 425. The molecular weight excluding hydrogens is 238 g/mol. The number of rotatable bonds is 6. The van der Waals surface area contributed by atoms with Crippen LogP contribution in [0.15, 0.2) is 24.3 Å². The van der Waals surface area contributed by atoms with Crippen LogP contribution in [0.5, 0.6) is 0 Å². The second-order valence-corrected chi connectivity index (χ2v) is 5.93. The van der Waals surface area contributed by atoms with E-state index in [9.17, 15) is 9.90 Å². The van der Waals surface area contributed by atoms with Crippen molar-refractivity contribution >= 4 is 5.91 Å². The molecule has 0 heterocycles. The van der Waals surface area contributed by atoms with Crippen molar-refractivity contribution in [2.75, 3.05) is 6.54 Å². The fraction of sp³-hybridized carbons (Fsp3) is 0.562. The molecule has 106 valence electrons. The Labute approximate surface area is 116 Å². The van der Waals surface area contributed by atoms with E-state index in [2.05, 4.69) is 19.2 Å². The van der Waals surface area contributed by atoms with Gasteiger partial charge in [0.05, 0.1) is 5.60 Å². The number of aliphatic hydroxyl groups is 1. The van der Waals surface area contributed by atoms with Crippen molar-refractivity contribution in [3.8, 4) is 0 Å². The lowest BCUT2D eigenvalue weighted by molar-refractivity contribution is 0.0429. The molecule has 1 aromatic carbocycles. The highest BCUT2D eigenvalue weighted by Gasteiger charge is 2.21. The molecule has 0 aliphatic rings. The van der Waals surface area contributed by atoms with Crippen molar-refractivity contribution in [3.05, 3.63) is 35.4 Å². The van der Waals surface area contributed by atoms with E-state index in [-0.39, 0.29) is 12.5 Å². The molecule has 0 aliphatic heterocycles. The number of carbonyl (C=O) groups excluding carboxylic acids is 1. The summed E-state index contributed by atoms with van der Waals surface area (Å²) in [6.07, 6.45) is 1.64. The average Bonchev–Trinajstić information content (AvgIpc) is 2.34. The van der Waals surface area contributed by atoms with Crippen LogP contribution in [0.3, 0.4) is 0 Å². The summed E-state index contributed by atoms with van der Waals surface area (Å²) in [5.41, 5.74) is 0.770. The summed E-state index contributed by atoms with van der Waals surface area (Å²) in [7, 11) is 0. The highest BCUT2D eigenvalue weighted by Crippen LogP contribution is 2.16. The van der Waals surface area contributed by atoms with Crippen molar-refractivity contribution in [2.45, 2.75) is 46.1 Å². The first kappa shape index (κ1) is 15.7. The molecule has 0 spiro atoms. The topological polar surface area (TPSA) is 49.3 Å². The molecule has 1 amide bonds. The van der Waals surface area contributed by atoms with Crippen LogP contribution < -0.4 is 5.32 Å². The first-order chi connectivity index (χ1) is 8.82. The predicted molar refractivity (Wildman–Crippen MR) is 78.2 cm³/mol. The Morgan fingerprint density at radius 3 is 2.58 bits per heavy atom. The van der Waals surface area contributed by atoms with Gasteiger partial charge in [-0.15, -0.1) is 0 Å². The van der Waals surface area contributed by atoms with Crippen LogP contribution >= 0.6 is 0 Å². The zero-order valence-electron chi connectivity index (χ0n) is 12.4. The molecule has 0 saturated heterocycles. The fourth-order valence-corrected chi connectivity index (χ4v) is 1.88. The fourth-order valence-electron chi connectivity index (χ4n) is 1.88. The summed E-state index contributed by atoms with van der Waals surface area (Å²) in [5, 5.41) is 13.0. The number of nitrogens with one attached hydrogen (secondary N) is 1. The molecule has 0 aliphatic carbocycles. The van der Waals surface area contributed by atoms with E-state index < -0.39 is 5.60 Å². The van der Waals surface area contributed by atoms with Crippen molar-refractivity contribution < 1.29 is 9.90 Å². The maximum Gasteiger partial charge on any atom is 0.251 e. The first-order valence-electron chi connectivity index (χ1n) is 6.88. The van der Waals surface area contributed by atoms with Gasteiger partial charge in [-0.2, -0.15) is 0 Å². The zero-order valence-corrected chi connectivity index (χ0v) is 12.4. The molecule has 3 nitrogen and oxygen atoms in total. The smallest absolute Gasteiger partial charge is 0.251 e.